The van der Waals surface area contributed by atoms with E-state index in [0.29, 0.717) is 18.2 Å². The van der Waals surface area contributed by atoms with Crippen molar-refractivity contribution in [3.63, 3.8) is 0 Å². The number of benzene rings is 1. The van der Waals surface area contributed by atoms with Gasteiger partial charge in [-0.1, -0.05) is 18.2 Å². The number of nitrogens with zero attached hydrogens (tertiary/aromatic N) is 7. The van der Waals surface area contributed by atoms with Gasteiger partial charge >= 0.3 is 0 Å². The molecule has 0 atom stereocenters. The molecule has 2 aromatic heterocycles. The van der Waals surface area contributed by atoms with Crippen molar-refractivity contribution in [2.75, 3.05) is 57.5 Å². The average Bonchev–Trinajstić information content (AvgIpc) is 3.46. The summed E-state index contributed by atoms with van der Waals surface area (Å²) in [5.74, 6) is 3.41. The van der Waals surface area contributed by atoms with Crippen LogP contribution in [0.5, 0.6) is 5.75 Å². The number of nitrogens with two attached hydrogens (primary N) is 2. The SMILES string of the molecule is COc1ccc(CN(CCN(C)CCCCN(C#N)C(=N)NCCSCc2csc(N=C(N)N)n2)c2ccccn2)cc1. The first-order chi connectivity index (χ1) is 20.9. The lowest BCUT2D eigenvalue weighted by atomic mass is 10.2. The fraction of sp³-hybridized carbons (Fsp3) is 0.414. The van der Waals surface area contributed by atoms with Gasteiger partial charge in [0.2, 0.25) is 11.1 Å². The monoisotopic (exact) mass is 623 g/mol. The Morgan fingerprint density at radius 3 is 2.63 bits per heavy atom. The van der Waals surface area contributed by atoms with E-state index in [1.165, 1.54) is 21.8 Å². The van der Waals surface area contributed by atoms with Crippen molar-refractivity contribution < 1.29 is 4.74 Å². The number of unbranched alkanes of at least 4 members (excludes halogenated alkanes) is 1. The Kier molecular flexibility index (Phi) is 14.4. The van der Waals surface area contributed by atoms with Gasteiger partial charge in [0.25, 0.3) is 0 Å². The number of thiazole rings is 1. The second-order valence-electron chi connectivity index (χ2n) is 9.71. The molecule has 0 spiro atoms. The summed E-state index contributed by atoms with van der Waals surface area (Å²) in [4.78, 5) is 18.9. The number of guanidine groups is 2. The molecule has 230 valence electrons. The number of aliphatic imine (C=N–C) groups is 1. The van der Waals surface area contributed by atoms with E-state index in [0.717, 1.165) is 67.8 Å². The molecule has 14 heteroatoms. The van der Waals surface area contributed by atoms with Gasteiger partial charge in [0.05, 0.1) is 12.8 Å². The number of nitrogens with one attached hydrogen (secondary N) is 2. The number of thioether (sulfide) groups is 1. The molecule has 0 saturated carbocycles. The molecule has 0 unspecified atom stereocenters. The topological polar surface area (TPSA) is 169 Å². The number of hydrogen-bond acceptors (Lipinski definition) is 10. The van der Waals surface area contributed by atoms with Gasteiger partial charge < -0.3 is 31.3 Å². The van der Waals surface area contributed by atoms with Crippen LogP contribution in [0.25, 0.3) is 0 Å². The molecule has 43 heavy (non-hydrogen) atoms. The summed E-state index contributed by atoms with van der Waals surface area (Å²) < 4.78 is 5.29. The van der Waals surface area contributed by atoms with E-state index in [1.807, 2.05) is 41.9 Å². The van der Waals surface area contributed by atoms with Crippen LogP contribution in [0, 0.1) is 16.9 Å². The number of ether oxygens (including phenoxy) is 1. The van der Waals surface area contributed by atoms with Crippen LogP contribution >= 0.6 is 23.1 Å². The highest BCUT2D eigenvalue weighted by molar-refractivity contribution is 7.98. The van der Waals surface area contributed by atoms with Gasteiger partial charge in [-0.3, -0.25) is 5.41 Å². The summed E-state index contributed by atoms with van der Waals surface area (Å²) in [7, 11) is 3.78. The third-order valence-corrected chi connectivity index (χ3v) is 8.15. The molecule has 0 saturated heterocycles. The Labute approximate surface area is 262 Å². The molecule has 3 aromatic rings. The molecule has 0 aliphatic carbocycles. The minimum Gasteiger partial charge on any atom is -0.497 e. The Morgan fingerprint density at radius 1 is 1.14 bits per heavy atom. The Bertz CT molecular complexity index is 1310. The lowest BCUT2D eigenvalue weighted by Crippen LogP contribution is -2.39. The summed E-state index contributed by atoms with van der Waals surface area (Å²) in [5.41, 5.74) is 12.9. The van der Waals surface area contributed by atoms with Crippen LogP contribution in [-0.4, -0.2) is 84.3 Å². The molecule has 1 aromatic carbocycles. The highest BCUT2D eigenvalue weighted by Crippen LogP contribution is 2.21. The van der Waals surface area contributed by atoms with Crippen molar-refractivity contribution in [1.82, 2.24) is 25.1 Å². The van der Waals surface area contributed by atoms with Gasteiger partial charge in [0.1, 0.15) is 11.6 Å². The van der Waals surface area contributed by atoms with Crippen LogP contribution < -0.4 is 26.4 Å². The maximum Gasteiger partial charge on any atom is 0.212 e. The molecule has 2 heterocycles. The number of pyridine rings is 1. The summed E-state index contributed by atoms with van der Waals surface area (Å²) >= 11 is 3.08. The molecule has 12 nitrogen and oxygen atoms in total. The van der Waals surface area contributed by atoms with Crippen molar-refractivity contribution in [3.8, 4) is 11.9 Å². The van der Waals surface area contributed by atoms with Crippen LogP contribution in [-0.2, 0) is 12.3 Å². The molecular formula is C29H41N11OS2. The summed E-state index contributed by atoms with van der Waals surface area (Å²) in [6, 6.07) is 14.1. The molecule has 0 fully saturated rings. The molecular weight excluding hydrogens is 583 g/mol. The number of aromatic nitrogens is 2. The van der Waals surface area contributed by atoms with E-state index in [4.69, 9.17) is 21.6 Å². The van der Waals surface area contributed by atoms with E-state index in [9.17, 15) is 5.26 Å². The van der Waals surface area contributed by atoms with E-state index in [1.54, 1.807) is 18.9 Å². The van der Waals surface area contributed by atoms with Gasteiger partial charge in [-0.25, -0.2) is 14.9 Å². The zero-order valence-electron chi connectivity index (χ0n) is 24.8. The molecule has 0 bridgehead atoms. The van der Waals surface area contributed by atoms with Crippen LogP contribution in [0.4, 0.5) is 10.9 Å². The van der Waals surface area contributed by atoms with Crippen LogP contribution in [0.15, 0.2) is 59.0 Å². The molecule has 3 rings (SSSR count). The van der Waals surface area contributed by atoms with Gasteiger partial charge in [0, 0.05) is 55.8 Å². The summed E-state index contributed by atoms with van der Waals surface area (Å²) in [6.45, 7) is 4.45. The number of likely N-dealkylation sites (N-methyl/N-ethyl adjacent to an activating group) is 1. The van der Waals surface area contributed by atoms with Gasteiger partial charge in [-0.15, -0.1) is 11.3 Å². The zero-order valence-corrected chi connectivity index (χ0v) is 26.4. The number of rotatable bonds is 18. The van der Waals surface area contributed by atoms with Crippen LogP contribution in [0.2, 0.25) is 0 Å². The second-order valence-corrected chi connectivity index (χ2v) is 11.6. The van der Waals surface area contributed by atoms with Crippen LogP contribution in [0.1, 0.15) is 24.1 Å². The van der Waals surface area contributed by atoms with Crippen molar-refractivity contribution in [1.29, 1.82) is 10.7 Å². The zero-order chi connectivity index (χ0) is 30.9. The van der Waals surface area contributed by atoms with Crippen LogP contribution in [0.3, 0.4) is 0 Å². The molecule has 6 N–H and O–H groups in total. The summed E-state index contributed by atoms with van der Waals surface area (Å²) in [5, 5.41) is 23.3. The minimum absolute atomic E-state index is 0.00467. The lowest BCUT2D eigenvalue weighted by Gasteiger charge is -2.27. The average molecular weight is 624 g/mol. The Hall–Kier alpha value is -4.06. The fourth-order valence-corrected chi connectivity index (χ4v) is 5.63. The quantitative estimate of drug-likeness (QED) is 0.0539. The minimum atomic E-state index is -0.00467. The lowest BCUT2D eigenvalue weighted by molar-refractivity contribution is 0.325. The van der Waals surface area contributed by atoms with E-state index in [-0.39, 0.29) is 11.9 Å². The highest BCUT2D eigenvalue weighted by atomic mass is 32.2. The van der Waals surface area contributed by atoms with Crippen molar-refractivity contribution >= 4 is 46.0 Å². The number of anilines is 1. The number of methoxy groups -OCH3 is 1. The first-order valence-electron chi connectivity index (χ1n) is 14.0. The molecule has 0 amide bonds. The predicted octanol–water partition coefficient (Wildman–Crippen LogP) is 3.41. The normalized spacial score (nSPS) is 10.7. The Balaban J connectivity index is 1.33. The standard InChI is InChI=1S/C29H41N11OS2/c1-38(16-17-39(26-7-3-4-12-34-26)19-23-8-10-25(41-2)11-9-23)14-5-6-15-40(22-30)28(33)35-13-18-42-20-24-21-43-29(36-24)37-27(31)32/h3-4,7-12,21H,5-6,13-20H2,1-2H3,(H2,33,35)(H4,31,32,36,37). The molecule has 0 aliphatic heterocycles. The number of hydrogen-bond donors (Lipinski definition) is 4. The Morgan fingerprint density at radius 2 is 1.93 bits per heavy atom. The van der Waals surface area contributed by atoms with Crippen molar-refractivity contribution in [3.05, 3.63) is 65.3 Å². The third-order valence-electron chi connectivity index (χ3n) is 6.37. The van der Waals surface area contributed by atoms with Gasteiger partial charge in [-0.05, 0) is 56.3 Å². The van der Waals surface area contributed by atoms with Crippen molar-refractivity contribution in [2.24, 2.45) is 16.5 Å². The second kappa shape index (κ2) is 18.5. The first kappa shape index (κ1) is 33.4. The van der Waals surface area contributed by atoms with Crippen molar-refractivity contribution in [2.45, 2.75) is 25.1 Å². The van der Waals surface area contributed by atoms with Gasteiger partial charge in [0.15, 0.2) is 12.2 Å². The predicted molar refractivity (Wildman–Crippen MR) is 177 cm³/mol. The largest absolute Gasteiger partial charge is 0.497 e. The highest BCUT2D eigenvalue weighted by Gasteiger charge is 2.12. The fourth-order valence-electron chi connectivity index (χ4n) is 4.07. The maximum atomic E-state index is 9.55. The third kappa shape index (κ3) is 12.4. The van der Waals surface area contributed by atoms with E-state index < -0.39 is 0 Å². The van der Waals surface area contributed by atoms with Gasteiger partial charge in [-0.2, -0.15) is 22.0 Å². The smallest absolute Gasteiger partial charge is 0.212 e. The maximum absolute atomic E-state index is 9.55. The van der Waals surface area contributed by atoms with E-state index >= 15 is 0 Å². The molecule has 0 radical (unpaired) electrons. The number of nitriles is 1. The van der Waals surface area contributed by atoms with E-state index in [2.05, 4.69) is 55.5 Å². The summed E-state index contributed by atoms with van der Waals surface area (Å²) in [6.07, 6.45) is 5.69. The molecule has 0 aliphatic rings. The first-order valence-corrected chi connectivity index (χ1v) is 16.0.